The highest BCUT2D eigenvalue weighted by molar-refractivity contribution is 7.90. The summed E-state index contributed by atoms with van der Waals surface area (Å²) in [5, 5.41) is 0. The number of sulfone groups is 1. The summed E-state index contributed by atoms with van der Waals surface area (Å²) in [6.45, 7) is 1.26. The van der Waals surface area contributed by atoms with Gasteiger partial charge in [0, 0.05) is 32.4 Å². The predicted octanol–water partition coefficient (Wildman–Crippen LogP) is 1.73. The van der Waals surface area contributed by atoms with Gasteiger partial charge in [-0.2, -0.15) is 0 Å². The maximum Gasteiger partial charge on any atom is 0.338 e. The molecule has 1 amide bonds. The van der Waals surface area contributed by atoms with E-state index in [1.54, 1.807) is 23.1 Å². The largest absolute Gasteiger partial charge is 0.452 e. The molecule has 1 fully saturated rings. The predicted molar refractivity (Wildman–Crippen MR) is 105 cm³/mol. The molecule has 2 aromatic carbocycles. The lowest BCUT2D eigenvalue weighted by Gasteiger charge is -2.36. The van der Waals surface area contributed by atoms with Gasteiger partial charge >= 0.3 is 5.97 Å². The van der Waals surface area contributed by atoms with Crippen LogP contribution in [0.2, 0.25) is 0 Å². The number of hydrogen-bond donors (Lipinski definition) is 0. The van der Waals surface area contributed by atoms with Crippen LogP contribution in [-0.2, 0) is 19.4 Å². The van der Waals surface area contributed by atoms with Crippen molar-refractivity contribution < 1.29 is 27.1 Å². The van der Waals surface area contributed by atoms with Gasteiger partial charge in [0.1, 0.15) is 5.82 Å². The number of carbonyl (C=O) groups is 2. The quantitative estimate of drug-likeness (QED) is 0.685. The van der Waals surface area contributed by atoms with Crippen molar-refractivity contribution >= 4 is 27.4 Å². The van der Waals surface area contributed by atoms with Crippen molar-refractivity contribution in [1.82, 2.24) is 4.90 Å². The molecule has 2 aromatic rings. The Hall–Kier alpha value is -2.94. The number of ether oxygens (including phenoxy) is 1. The molecule has 154 valence electrons. The Morgan fingerprint density at radius 3 is 2.38 bits per heavy atom. The number of piperazine rings is 1. The first kappa shape index (κ1) is 20.8. The molecular weight excluding hydrogens is 399 g/mol. The minimum atomic E-state index is -3.45. The Bertz CT molecular complexity index is 1020. The number of carbonyl (C=O) groups excluding carboxylic acids is 2. The van der Waals surface area contributed by atoms with Crippen molar-refractivity contribution in [3.63, 3.8) is 0 Å². The topological polar surface area (TPSA) is 84.0 Å². The molecule has 29 heavy (non-hydrogen) atoms. The number of benzene rings is 2. The van der Waals surface area contributed by atoms with Gasteiger partial charge in [0.25, 0.3) is 5.91 Å². The molecule has 0 radical (unpaired) electrons. The van der Waals surface area contributed by atoms with Crippen LogP contribution in [0.15, 0.2) is 53.4 Å². The van der Waals surface area contributed by atoms with Crippen molar-refractivity contribution in [2.45, 2.75) is 4.90 Å². The van der Waals surface area contributed by atoms with Gasteiger partial charge in [-0.1, -0.05) is 18.2 Å². The standard InChI is InChI=1S/C20H21FN2O5S/c1-29(26,27)16-6-4-5-15(13-16)20(25)28-14-19(24)23-11-9-22(10-12-23)18-8-3-2-7-17(18)21/h2-8,13H,9-12,14H2,1H3. The van der Waals surface area contributed by atoms with E-state index in [-0.39, 0.29) is 22.2 Å². The molecule has 3 rings (SSSR count). The summed E-state index contributed by atoms with van der Waals surface area (Å²) < 4.78 is 42.1. The molecule has 0 N–H and O–H groups in total. The Morgan fingerprint density at radius 1 is 1.03 bits per heavy atom. The molecule has 1 aliphatic heterocycles. The number of anilines is 1. The normalized spacial score (nSPS) is 14.6. The van der Waals surface area contributed by atoms with Crippen molar-refractivity contribution in [3.05, 3.63) is 59.9 Å². The number of rotatable bonds is 5. The van der Waals surface area contributed by atoms with Crippen LogP contribution in [0.4, 0.5) is 10.1 Å². The molecule has 0 aromatic heterocycles. The van der Waals surface area contributed by atoms with E-state index in [0.717, 1.165) is 6.26 Å². The van der Waals surface area contributed by atoms with Crippen LogP contribution in [0, 0.1) is 5.82 Å². The fourth-order valence-corrected chi connectivity index (χ4v) is 3.73. The lowest BCUT2D eigenvalue weighted by Crippen LogP contribution is -2.50. The number of esters is 1. The van der Waals surface area contributed by atoms with E-state index in [2.05, 4.69) is 0 Å². The Labute approximate surface area is 168 Å². The zero-order valence-corrected chi connectivity index (χ0v) is 16.7. The fraction of sp³-hybridized carbons (Fsp3) is 0.300. The number of nitrogens with zero attached hydrogens (tertiary/aromatic N) is 2. The minimum absolute atomic E-state index is 0.00235. The maximum absolute atomic E-state index is 13.9. The molecule has 0 unspecified atom stereocenters. The van der Waals surface area contributed by atoms with Gasteiger partial charge in [-0.25, -0.2) is 17.6 Å². The first-order chi connectivity index (χ1) is 13.8. The maximum atomic E-state index is 13.9. The van der Waals surface area contributed by atoms with Crippen molar-refractivity contribution in [2.24, 2.45) is 0 Å². The van der Waals surface area contributed by atoms with Crippen LogP contribution in [0.25, 0.3) is 0 Å². The van der Waals surface area contributed by atoms with Gasteiger partial charge in [0.2, 0.25) is 0 Å². The van der Waals surface area contributed by atoms with Crippen LogP contribution in [0.5, 0.6) is 0 Å². The average molecular weight is 420 g/mol. The van der Waals surface area contributed by atoms with Gasteiger partial charge in [-0.15, -0.1) is 0 Å². The monoisotopic (exact) mass is 420 g/mol. The van der Waals surface area contributed by atoms with Crippen LogP contribution >= 0.6 is 0 Å². The molecular formula is C20H21FN2O5S. The van der Waals surface area contributed by atoms with E-state index in [9.17, 15) is 22.4 Å². The fourth-order valence-electron chi connectivity index (χ4n) is 3.06. The zero-order valence-electron chi connectivity index (χ0n) is 15.9. The second kappa shape index (κ2) is 8.60. The second-order valence-corrected chi connectivity index (χ2v) is 8.71. The van der Waals surface area contributed by atoms with E-state index < -0.39 is 22.4 Å². The zero-order chi connectivity index (χ0) is 21.0. The molecule has 0 aliphatic carbocycles. The van der Waals surface area contributed by atoms with Gasteiger partial charge in [-0.3, -0.25) is 4.79 Å². The van der Waals surface area contributed by atoms with Gasteiger partial charge in [0.05, 0.1) is 16.1 Å². The van der Waals surface area contributed by atoms with Gasteiger partial charge in [-0.05, 0) is 30.3 Å². The van der Waals surface area contributed by atoms with Crippen LogP contribution in [-0.4, -0.2) is 64.2 Å². The van der Waals surface area contributed by atoms with E-state index in [4.69, 9.17) is 4.74 Å². The molecule has 7 nitrogen and oxygen atoms in total. The number of halogens is 1. The minimum Gasteiger partial charge on any atom is -0.452 e. The van der Waals surface area contributed by atoms with E-state index in [1.165, 1.54) is 30.3 Å². The average Bonchev–Trinajstić information content (AvgIpc) is 2.72. The molecule has 1 aliphatic rings. The molecule has 9 heteroatoms. The van der Waals surface area contributed by atoms with Gasteiger partial charge < -0.3 is 14.5 Å². The lowest BCUT2D eigenvalue weighted by molar-refractivity contribution is -0.134. The molecule has 0 spiro atoms. The summed E-state index contributed by atoms with van der Waals surface area (Å²) in [6.07, 6.45) is 1.04. The third kappa shape index (κ3) is 5.11. The van der Waals surface area contributed by atoms with Crippen LogP contribution in [0.3, 0.4) is 0 Å². The van der Waals surface area contributed by atoms with Crippen LogP contribution in [0.1, 0.15) is 10.4 Å². The Morgan fingerprint density at radius 2 is 1.72 bits per heavy atom. The summed E-state index contributed by atoms with van der Waals surface area (Å²) in [6, 6.07) is 11.9. The highest BCUT2D eigenvalue weighted by atomic mass is 32.2. The van der Waals surface area contributed by atoms with E-state index >= 15 is 0 Å². The number of hydrogen-bond acceptors (Lipinski definition) is 6. The second-order valence-electron chi connectivity index (χ2n) is 6.70. The number of amides is 1. The summed E-state index contributed by atoms with van der Waals surface area (Å²) >= 11 is 0. The van der Waals surface area contributed by atoms with Crippen molar-refractivity contribution in [2.75, 3.05) is 43.9 Å². The van der Waals surface area contributed by atoms with Gasteiger partial charge in [0.15, 0.2) is 16.4 Å². The third-order valence-electron chi connectivity index (χ3n) is 4.65. The lowest BCUT2D eigenvalue weighted by atomic mass is 10.2. The third-order valence-corrected chi connectivity index (χ3v) is 5.76. The summed E-state index contributed by atoms with van der Waals surface area (Å²) in [4.78, 5) is 27.9. The first-order valence-corrected chi connectivity index (χ1v) is 10.9. The first-order valence-electron chi connectivity index (χ1n) is 9.00. The Kier molecular flexibility index (Phi) is 6.17. The summed E-state index contributed by atoms with van der Waals surface area (Å²) in [5.41, 5.74) is 0.557. The molecule has 0 atom stereocenters. The molecule has 0 saturated carbocycles. The SMILES string of the molecule is CS(=O)(=O)c1cccc(C(=O)OCC(=O)N2CCN(c3ccccc3F)CC2)c1. The summed E-state index contributed by atoms with van der Waals surface area (Å²) in [5.74, 6) is -1.43. The highest BCUT2D eigenvalue weighted by Crippen LogP contribution is 2.20. The highest BCUT2D eigenvalue weighted by Gasteiger charge is 2.23. The van der Waals surface area contributed by atoms with E-state index in [0.29, 0.717) is 31.9 Å². The number of para-hydroxylation sites is 1. The molecule has 1 saturated heterocycles. The Balaban J connectivity index is 1.53. The smallest absolute Gasteiger partial charge is 0.338 e. The van der Waals surface area contributed by atoms with Crippen molar-refractivity contribution in [3.8, 4) is 0 Å². The van der Waals surface area contributed by atoms with Crippen molar-refractivity contribution in [1.29, 1.82) is 0 Å². The summed E-state index contributed by atoms with van der Waals surface area (Å²) in [7, 11) is -3.45. The molecule has 1 heterocycles. The molecule has 0 bridgehead atoms. The van der Waals surface area contributed by atoms with Crippen LogP contribution < -0.4 is 4.90 Å². The van der Waals surface area contributed by atoms with E-state index in [1.807, 2.05) is 4.90 Å².